The molecule has 0 aromatic heterocycles. The number of aryl methyl sites for hydroxylation is 1. The highest BCUT2D eigenvalue weighted by atomic mass is 79.9. The van der Waals surface area contributed by atoms with Crippen molar-refractivity contribution >= 4 is 21.6 Å². The summed E-state index contributed by atoms with van der Waals surface area (Å²) in [6, 6.07) is 6.66. The number of benzene rings is 1. The molecule has 3 heteroatoms. The van der Waals surface area contributed by atoms with E-state index in [1.807, 2.05) is 0 Å². The van der Waals surface area contributed by atoms with Crippen molar-refractivity contribution in [2.24, 2.45) is 0 Å². The first kappa shape index (κ1) is 12.9. The topological polar surface area (TPSA) is 15.3 Å². The molecule has 0 bridgehead atoms. The molecular weight excluding hydrogens is 276 g/mol. The van der Waals surface area contributed by atoms with E-state index in [4.69, 9.17) is 0 Å². The van der Waals surface area contributed by atoms with Gasteiger partial charge in [0.05, 0.1) is 0 Å². The Labute approximate surface area is 113 Å². The average Bonchev–Trinajstić information content (AvgIpc) is 2.43. The predicted molar refractivity (Wildman–Crippen MR) is 77.8 cm³/mol. The summed E-state index contributed by atoms with van der Waals surface area (Å²) in [6.07, 6.45) is 1.18. The first-order valence-corrected chi connectivity index (χ1v) is 7.04. The Balaban J connectivity index is 2.32. The summed E-state index contributed by atoms with van der Waals surface area (Å²) in [5.41, 5.74) is 2.83. The van der Waals surface area contributed by atoms with Gasteiger partial charge in [0.15, 0.2) is 0 Å². The molecule has 1 N–H and O–H groups in total. The largest absolute Gasteiger partial charge is 0.365 e. The molecular formula is C14H21BrN2. The molecule has 1 aromatic rings. The minimum atomic E-state index is 0.220. The molecule has 0 unspecified atom stereocenters. The van der Waals surface area contributed by atoms with Gasteiger partial charge in [-0.05, 0) is 51.4 Å². The molecule has 1 aliphatic heterocycles. The van der Waals surface area contributed by atoms with Crippen LogP contribution in [0, 0.1) is 6.92 Å². The maximum absolute atomic E-state index is 3.63. The normalized spacial score (nSPS) is 20.1. The summed E-state index contributed by atoms with van der Waals surface area (Å²) in [5, 5.41) is 3.48. The van der Waals surface area contributed by atoms with Crippen LogP contribution in [0.4, 0.5) is 5.69 Å². The van der Waals surface area contributed by atoms with Crippen molar-refractivity contribution in [2.45, 2.75) is 32.7 Å². The third kappa shape index (κ3) is 2.83. The number of anilines is 1. The average molecular weight is 297 g/mol. The first-order chi connectivity index (χ1) is 8.00. The zero-order valence-corrected chi connectivity index (χ0v) is 12.5. The summed E-state index contributed by atoms with van der Waals surface area (Å²) < 4.78 is 1.20. The fourth-order valence-electron chi connectivity index (χ4n) is 2.38. The van der Waals surface area contributed by atoms with Crippen LogP contribution in [0.15, 0.2) is 22.7 Å². The van der Waals surface area contributed by atoms with Crippen molar-refractivity contribution in [3.63, 3.8) is 0 Å². The molecule has 1 heterocycles. The standard InChI is InChI=1S/C14H21BrN2/c1-11-4-5-12(10-13(11)15)17-9-8-16-7-6-14(17,2)3/h4-5,10,16H,6-9H2,1-3H3. The highest BCUT2D eigenvalue weighted by Gasteiger charge is 2.28. The second kappa shape index (κ2) is 4.99. The van der Waals surface area contributed by atoms with Crippen LogP contribution in [0.5, 0.6) is 0 Å². The summed E-state index contributed by atoms with van der Waals surface area (Å²) in [6.45, 7) is 10.0. The Morgan fingerprint density at radius 3 is 2.76 bits per heavy atom. The van der Waals surface area contributed by atoms with Crippen molar-refractivity contribution in [3.05, 3.63) is 28.2 Å². The second-order valence-corrected chi connectivity index (χ2v) is 6.25. The highest BCUT2D eigenvalue weighted by molar-refractivity contribution is 9.10. The highest BCUT2D eigenvalue weighted by Crippen LogP contribution is 2.30. The first-order valence-electron chi connectivity index (χ1n) is 6.25. The number of hydrogen-bond acceptors (Lipinski definition) is 2. The fourth-order valence-corrected chi connectivity index (χ4v) is 2.74. The molecule has 94 valence electrons. The van der Waals surface area contributed by atoms with Gasteiger partial charge in [-0.1, -0.05) is 22.0 Å². The SMILES string of the molecule is Cc1ccc(N2CCNCCC2(C)C)cc1Br. The van der Waals surface area contributed by atoms with Crippen LogP contribution < -0.4 is 10.2 Å². The zero-order chi connectivity index (χ0) is 12.5. The molecule has 2 rings (SSSR count). The zero-order valence-electron chi connectivity index (χ0n) is 10.9. The van der Waals surface area contributed by atoms with E-state index < -0.39 is 0 Å². The predicted octanol–water partition coefficient (Wildman–Crippen LogP) is 3.34. The lowest BCUT2D eigenvalue weighted by Crippen LogP contribution is -2.44. The molecule has 0 spiro atoms. The monoisotopic (exact) mass is 296 g/mol. The number of rotatable bonds is 1. The Hall–Kier alpha value is -0.540. The minimum Gasteiger partial charge on any atom is -0.365 e. The molecule has 1 aromatic carbocycles. The van der Waals surface area contributed by atoms with Crippen LogP contribution in [0.25, 0.3) is 0 Å². The number of nitrogens with zero attached hydrogens (tertiary/aromatic N) is 1. The maximum atomic E-state index is 3.63. The van der Waals surface area contributed by atoms with E-state index in [9.17, 15) is 0 Å². The van der Waals surface area contributed by atoms with Crippen LogP contribution in [-0.4, -0.2) is 25.2 Å². The molecule has 0 atom stereocenters. The van der Waals surface area contributed by atoms with Gasteiger partial charge in [-0.15, -0.1) is 0 Å². The van der Waals surface area contributed by atoms with Gasteiger partial charge in [0, 0.05) is 28.8 Å². The lowest BCUT2D eigenvalue weighted by Gasteiger charge is -2.39. The molecule has 1 fully saturated rings. The van der Waals surface area contributed by atoms with Crippen LogP contribution in [0.1, 0.15) is 25.8 Å². The third-order valence-corrected chi connectivity index (χ3v) is 4.48. The Bertz CT molecular complexity index is 401. The van der Waals surface area contributed by atoms with Crippen molar-refractivity contribution in [2.75, 3.05) is 24.5 Å². The number of nitrogens with one attached hydrogen (secondary N) is 1. The van der Waals surface area contributed by atoms with Crippen LogP contribution >= 0.6 is 15.9 Å². The number of hydrogen-bond donors (Lipinski definition) is 1. The van der Waals surface area contributed by atoms with Gasteiger partial charge >= 0.3 is 0 Å². The summed E-state index contributed by atoms with van der Waals surface area (Å²) in [5.74, 6) is 0. The van der Waals surface area contributed by atoms with Gasteiger partial charge in [-0.2, -0.15) is 0 Å². The maximum Gasteiger partial charge on any atom is 0.0382 e. The van der Waals surface area contributed by atoms with Crippen LogP contribution in [0.2, 0.25) is 0 Å². The molecule has 0 radical (unpaired) electrons. The van der Waals surface area contributed by atoms with Gasteiger partial charge in [0.1, 0.15) is 0 Å². The summed E-state index contributed by atoms with van der Waals surface area (Å²) in [4.78, 5) is 2.51. The Morgan fingerprint density at radius 1 is 1.29 bits per heavy atom. The van der Waals surface area contributed by atoms with Gasteiger partial charge in [0.2, 0.25) is 0 Å². The fraction of sp³-hybridized carbons (Fsp3) is 0.571. The molecule has 1 aliphatic rings. The summed E-state index contributed by atoms with van der Waals surface area (Å²) in [7, 11) is 0. The van der Waals surface area contributed by atoms with Crippen LogP contribution in [0.3, 0.4) is 0 Å². The summed E-state index contributed by atoms with van der Waals surface area (Å²) >= 11 is 3.63. The van der Waals surface area contributed by atoms with E-state index in [1.165, 1.54) is 22.1 Å². The smallest absolute Gasteiger partial charge is 0.0382 e. The Kier molecular flexibility index (Phi) is 3.79. The molecule has 17 heavy (non-hydrogen) atoms. The van der Waals surface area contributed by atoms with Crippen molar-refractivity contribution in [1.29, 1.82) is 0 Å². The van der Waals surface area contributed by atoms with E-state index >= 15 is 0 Å². The Morgan fingerprint density at radius 2 is 2.06 bits per heavy atom. The minimum absolute atomic E-state index is 0.220. The molecule has 2 nitrogen and oxygen atoms in total. The lowest BCUT2D eigenvalue weighted by atomic mass is 9.97. The van der Waals surface area contributed by atoms with E-state index in [2.05, 4.69) is 65.1 Å². The molecule has 0 saturated carbocycles. The van der Waals surface area contributed by atoms with Gasteiger partial charge in [-0.3, -0.25) is 0 Å². The van der Waals surface area contributed by atoms with Crippen molar-refractivity contribution in [3.8, 4) is 0 Å². The van der Waals surface area contributed by atoms with E-state index in [1.54, 1.807) is 0 Å². The van der Waals surface area contributed by atoms with E-state index in [0.29, 0.717) is 0 Å². The quantitative estimate of drug-likeness (QED) is 0.855. The lowest BCUT2D eigenvalue weighted by molar-refractivity contribution is 0.454. The van der Waals surface area contributed by atoms with Crippen molar-refractivity contribution in [1.82, 2.24) is 5.32 Å². The van der Waals surface area contributed by atoms with Gasteiger partial charge < -0.3 is 10.2 Å². The van der Waals surface area contributed by atoms with E-state index in [-0.39, 0.29) is 5.54 Å². The molecule has 1 saturated heterocycles. The molecule has 0 amide bonds. The van der Waals surface area contributed by atoms with Gasteiger partial charge in [-0.25, -0.2) is 0 Å². The third-order valence-electron chi connectivity index (χ3n) is 3.62. The van der Waals surface area contributed by atoms with Crippen molar-refractivity contribution < 1.29 is 0 Å². The number of halogens is 1. The van der Waals surface area contributed by atoms with Crippen LogP contribution in [-0.2, 0) is 0 Å². The molecule has 0 aliphatic carbocycles. The van der Waals surface area contributed by atoms with Gasteiger partial charge in [0.25, 0.3) is 0 Å². The van der Waals surface area contributed by atoms with E-state index in [0.717, 1.165) is 19.6 Å². The second-order valence-electron chi connectivity index (χ2n) is 5.40.